The fourth-order valence-corrected chi connectivity index (χ4v) is 3.79. The van der Waals surface area contributed by atoms with Crippen LogP contribution in [-0.4, -0.2) is 28.9 Å². The number of hydrogen-bond acceptors (Lipinski definition) is 1. The fraction of sp³-hybridized carbons (Fsp3) is 1.00. The van der Waals surface area contributed by atoms with Gasteiger partial charge in [0.25, 0.3) is 0 Å². The van der Waals surface area contributed by atoms with Crippen LogP contribution in [0.15, 0.2) is 0 Å². The van der Waals surface area contributed by atoms with Crippen LogP contribution in [0.2, 0.25) is 0 Å². The molecule has 1 unspecified atom stereocenters. The molecule has 0 aromatic carbocycles. The summed E-state index contributed by atoms with van der Waals surface area (Å²) in [6, 6.07) is 1.76. The van der Waals surface area contributed by atoms with Crippen LogP contribution in [0.1, 0.15) is 51.4 Å². The maximum atomic E-state index is 3.66. The molecule has 1 saturated heterocycles. The molecular formula is C12H22BrN. The van der Waals surface area contributed by atoms with Crippen molar-refractivity contribution in [1.29, 1.82) is 0 Å². The van der Waals surface area contributed by atoms with Gasteiger partial charge in [-0.2, -0.15) is 0 Å². The second-order valence-corrected chi connectivity index (χ2v) is 5.48. The van der Waals surface area contributed by atoms with E-state index >= 15 is 0 Å². The molecule has 2 fully saturated rings. The van der Waals surface area contributed by atoms with E-state index in [4.69, 9.17) is 0 Å². The number of halogens is 1. The Kier molecular flexibility index (Phi) is 4.30. The summed E-state index contributed by atoms with van der Waals surface area (Å²) in [4.78, 5) is 2.79. The van der Waals surface area contributed by atoms with Gasteiger partial charge in [0.15, 0.2) is 0 Å². The van der Waals surface area contributed by atoms with E-state index in [0.717, 1.165) is 12.1 Å². The average Bonchev–Trinajstić information content (AvgIpc) is 2.52. The summed E-state index contributed by atoms with van der Waals surface area (Å²) in [5.41, 5.74) is 0. The summed E-state index contributed by atoms with van der Waals surface area (Å²) in [7, 11) is 0. The molecule has 0 radical (unpaired) electrons. The largest absolute Gasteiger partial charge is 0.297 e. The summed E-state index contributed by atoms with van der Waals surface area (Å²) >= 11 is 3.66. The van der Waals surface area contributed by atoms with Crippen LogP contribution in [0.4, 0.5) is 0 Å². The summed E-state index contributed by atoms with van der Waals surface area (Å²) in [5.74, 6) is 0. The van der Waals surface area contributed by atoms with E-state index in [9.17, 15) is 0 Å². The van der Waals surface area contributed by atoms with Gasteiger partial charge in [0.05, 0.1) is 0 Å². The highest BCUT2D eigenvalue weighted by Gasteiger charge is 2.29. The molecule has 82 valence electrons. The zero-order valence-corrected chi connectivity index (χ0v) is 10.6. The first-order valence-corrected chi connectivity index (χ1v) is 7.35. The van der Waals surface area contributed by atoms with Crippen molar-refractivity contribution >= 4 is 15.9 Å². The molecule has 14 heavy (non-hydrogen) atoms. The van der Waals surface area contributed by atoms with Crippen LogP contribution in [0.5, 0.6) is 0 Å². The lowest BCUT2D eigenvalue weighted by Crippen LogP contribution is -2.39. The second-order valence-electron chi connectivity index (χ2n) is 4.83. The Morgan fingerprint density at radius 1 is 0.929 bits per heavy atom. The van der Waals surface area contributed by atoms with Crippen molar-refractivity contribution in [2.24, 2.45) is 0 Å². The molecule has 2 heteroatoms. The summed E-state index contributed by atoms with van der Waals surface area (Å²) in [5, 5.41) is 1.18. The van der Waals surface area contributed by atoms with Crippen LogP contribution in [0, 0.1) is 0 Å². The Bertz CT molecular complexity index is 164. The van der Waals surface area contributed by atoms with Crippen molar-refractivity contribution in [3.05, 3.63) is 0 Å². The molecule has 0 amide bonds. The van der Waals surface area contributed by atoms with E-state index in [-0.39, 0.29) is 0 Å². The summed E-state index contributed by atoms with van der Waals surface area (Å²) < 4.78 is 0. The third-order valence-electron chi connectivity index (χ3n) is 3.89. The van der Waals surface area contributed by atoms with Gasteiger partial charge in [-0.3, -0.25) is 4.90 Å². The molecular weight excluding hydrogens is 238 g/mol. The third kappa shape index (κ3) is 2.52. The molecule has 1 aliphatic heterocycles. The first-order chi connectivity index (χ1) is 6.92. The van der Waals surface area contributed by atoms with Crippen molar-refractivity contribution in [2.45, 2.75) is 63.5 Å². The Hall–Kier alpha value is 0.440. The van der Waals surface area contributed by atoms with Crippen LogP contribution in [-0.2, 0) is 0 Å². The van der Waals surface area contributed by atoms with Gasteiger partial charge in [0.1, 0.15) is 0 Å². The molecule has 1 nitrogen and oxygen atoms in total. The van der Waals surface area contributed by atoms with E-state index in [1.54, 1.807) is 0 Å². The van der Waals surface area contributed by atoms with Crippen molar-refractivity contribution in [3.8, 4) is 0 Å². The monoisotopic (exact) mass is 259 g/mol. The van der Waals surface area contributed by atoms with Crippen LogP contribution in [0.25, 0.3) is 0 Å². The van der Waals surface area contributed by atoms with Crippen molar-refractivity contribution in [3.63, 3.8) is 0 Å². The first-order valence-electron chi connectivity index (χ1n) is 6.23. The molecule has 1 aliphatic carbocycles. The molecule has 1 heterocycles. The molecule has 1 atom stereocenters. The summed E-state index contributed by atoms with van der Waals surface area (Å²) in [6.45, 7) is 1.36. The van der Waals surface area contributed by atoms with E-state index in [1.807, 2.05) is 0 Å². The smallest absolute Gasteiger partial charge is 0.0196 e. The van der Waals surface area contributed by atoms with Crippen molar-refractivity contribution < 1.29 is 0 Å². The highest BCUT2D eigenvalue weighted by Crippen LogP contribution is 2.29. The van der Waals surface area contributed by atoms with Crippen LogP contribution in [0.3, 0.4) is 0 Å². The lowest BCUT2D eigenvalue weighted by molar-refractivity contribution is 0.176. The van der Waals surface area contributed by atoms with Crippen LogP contribution >= 0.6 is 15.9 Å². The topological polar surface area (TPSA) is 3.24 Å². The van der Waals surface area contributed by atoms with Gasteiger partial charge in [-0.1, -0.05) is 41.6 Å². The molecule has 0 aromatic heterocycles. The van der Waals surface area contributed by atoms with Gasteiger partial charge in [0.2, 0.25) is 0 Å². The van der Waals surface area contributed by atoms with Crippen molar-refractivity contribution in [2.75, 3.05) is 11.9 Å². The number of alkyl halides is 1. The van der Waals surface area contributed by atoms with E-state index in [0.29, 0.717) is 0 Å². The first kappa shape index (κ1) is 10.9. The number of likely N-dealkylation sites (tertiary alicyclic amines) is 1. The fourth-order valence-electron chi connectivity index (χ4n) is 3.09. The highest BCUT2D eigenvalue weighted by atomic mass is 79.9. The number of hydrogen-bond donors (Lipinski definition) is 0. The van der Waals surface area contributed by atoms with E-state index in [2.05, 4.69) is 20.8 Å². The molecule has 2 rings (SSSR count). The predicted octanol–water partition coefficient (Wildman–Crippen LogP) is 3.57. The van der Waals surface area contributed by atoms with Gasteiger partial charge in [-0.05, 0) is 32.2 Å². The van der Waals surface area contributed by atoms with Gasteiger partial charge in [0, 0.05) is 17.4 Å². The lowest BCUT2D eigenvalue weighted by atomic mass is 10.1. The maximum Gasteiger partial charge on any atom is 0.0196 e. The Morgan fingerprint density at radius 3 is 2.29 bits per heavy atom. The second kappa shape index (κ2) is 5.50. The maximum absolute atomic E-state index is 3.66. The Balaban J connectivity index is 1.91. The minimum Gasteiger partial charge on any atom is -0.297 e. The van der Waals surface area contributed by atoms with Gasteiger partial charge in [-0.15, -0.1) is 0 Å². The zero-order valence-electron chi connectivity index (χ0n) is 9.05. The van der Waals surface area contributed by atoms with Crippen LogP contribution < -0.4 is 0 Å². The lowest BCUT2D eigenvalue weighted by Gasteiger charge is -2.31. The molecule has 0 N–H and O–H groups in total. The third-order valence-corrected chi connectivity index (χ3v) is 4.64. The summed E-state index contributed by atoms with van der Waals surface area (Å²) in [6.07, 6.45) is 11.7. The Labute approximate surface area is 96.4 Å². The zero-order chi connectivity index (χ0) is 9.80. The normalized spacial score (nSPS) is 31.9. The van der Waals surface area contributed by atoms with E-state index in [1.165, 1.54) is 63.2 Å². The van der Waals surface area contributed by atoms with Gasteiger partial charge < -0.3 is 0 Å². The Morgan fingerprint density at radius 2 is 1.64 bits per heavy atom. The highest BCUT2D eigenvalue weighted by molar-refractivity contribution is 9.09. The molecule has 0 spiro atoms. The van der Waals surface area contributed by atoms with E-state index < -0.39 is 0 Å². The molecule has 0 aromatic rings. The van der Waals surface area contributed by atoms with Gasteiger partial charge >= 0.3 is 0 Å². The molecule has 0 bridgehead atoms. The molecule has 1 saturated carbocycles. The standard InChI is InChI=1S/C12H22BrN/c13-10-12-8-5-9-14(12)11-6-3-1-2-4-7-11/h11-12H,1-10H2. The SMILES string of the molecule is BrCC1CCCN1C1CCCCCC1. The molecule has 2 aliphatic rings. The quantitative estimate of drug-likeness (QED) is 0.542. The van der Waals surface area contributed by atoms with Crippen molar-refractivity contribution in [1.82, 2.24) is 4.90 Å². The minimum atomic E-state index is 0.845. The number of rotatable bonds is 2. The predicted molar refractivity (Wildman–Crippen MR) is 65.0 cm³/mol. The average molecular weight is 260 g/mol. The minimum absolute atomic E-state index is 0.845. The number of nitrogens with zero attached hydrogens (tertiary/aromatic N) is 1. The van der Waals surface area contributed by atoms with Gasteiger partial charge in [-0.25, -0.2) is 0 Å².